The molecule has 0 aliphatic rings. The third-order valence-electron chi connectivity index (χ3n) is 2.91. The highest BCUT2D eigenvalue weighted by Gasteiger charge is 2.06. The van der Waals surface area contributed by atoms with Gasteiger partial charge in [-0.1, -0.05) is 36.0 Å². The number of fused-ring (bicyclic) bond motifs is 1. The molecular weight excluding hydrogens is 288 g/mol. The number of rotatable bonds is 5. The van der Waals surface area contributed by atoms with Crippen molar-refractivity contribution in [2.24, 2.45) is 0 Å². The first-order chi connectivity index (χ1) is 9.84. The summed E-state index contributed by atoms with van der Waals surface area (Å²) in [5, 5.41) is 0.950. The van der Waals surface area contributed by atoms with Crippen LogP contribution in [0.2, 0.25) is 0 Å². The maximum atomic E-state index is 12.1. The zero-order chi connectivity index (χ0) is 13.8. The summed E-state index contributed by atoms with van der Waals surface area (Å²) in [7, 11) is -0.936. The molecule has 0 saturated carbocycles. The predicted molar refractivity (Wildman–Crippen MR) is 83.6 cm³/mol. The van der Waals surface area contributed by atoms with Gasteiger partial charge in [0.1, 0.15) is 0 Å². The maximum absolute atomic E-state index is 12.1. The van der Waals surface area contributed by atoms with Crippen molar-refractivity contribution in [3.05, 3.63) is 60.9 Å². The van der Waals surface area contributed by atoms with Crippen LogP contribution in [-0.2, 0) is 10.8 Å². The van der Waals surface area contributed by atoms with Crippen molar-refractivity contribution >= 4 is 28.1 Å². The van der Waals surface area contributed by atoms with Gasteiger partial charge in [-0.3, -0.25) is 8.61 Å². The zero-order valence-electron chi connectivity index (χ0n) is 10.8. The molecule has 1 atom stereocenters. The highest BCUT2D eigenvalue weighted by atomic mass is 32.2. The molecule has 5 heteroatoms. The molecule has 2 heterocycles. The highest BCUT2D eigenvalue weighted by molar-refractivity contribution is 8.00. The van der Waals surface area contributed by atoms with Crippen molar-refractivity contribution < 1.29 is 4.21 Å². The van der Waals surface area contributed by atoms with E-state index in [0.717, 1.165) is 21.3 Å². The molecule has 0 fully saturated rings. The van der Waals surface area contributed by atoms with Crippen molar-refractivity contribution in [2.45, 2.75) is 10.1 Å². The van der Waals surface area contributed by atoms with Gasteiger partial charge in [0.25, 0.3) is 0 Å². The summed E-state index contributed by atoms with van der Waals surface area (Å²) in [5.41, 5.74) is 1.08. The minimum Gasteiger partial charge on any atom is -0.295 e. The molecule has 0 N–H and O–H groups in total. The maximum Gasteiger partial charge on any atom is 0.172 e. The molecule has 0 unspecified atom stereocenters. The number of aromatic nitrogens is 2. The number of pyridine rings is 1. The van der Waals surface area contributed by atoms with Gasteiger partial charge in [0.05, 0.1) is 22.5 Å². The molecule has 0 amide bonds. The van der Waals surface area contributed by atoms with E-state index in [1.165, 1.54) is 0 Å². The first-order valence-electron chi connectivity index (χ1n) is 6.33. The number of nitrogens with zero attached hydrogens (tertiary/aromatic N) is 2. The van der Waals surface area contributed by atoms with Gasteiger partial charge in [0.2, 0.25) is 0 Å². The highest BCUT2D eigenvalue weighted by Crippen LogP contribution is 2.19. The molecular formula is C15H14N2OS2. The van der Waals surface area contributed by atoms with E-state index >= 15 is 0 Å². The molecule has 0 radical (unpaired) electrons. The van der Waals surface area contributed by atoms with Crippen LogP contribution in [0.5, 0.6) is 0 Å². The predicted octanol–water partition coefficient (Wildman–Crippen LogP) is 3.23. The van der Waals surface area contributed by atoms with Crippen LogP contribution in [0.3, 0.4) is 0 Å². The summed E-state index contributed by atoms with van der Waals surface area (Å²) < 4.78 is 14.2. The SMILES string of the molecule is O=[S@@](CCSc1ncc2ccccn12)c1ccccc1. The molecule has 0 saturated heterocycles. The molecule has 0 bridgehead atoms. The molecule has 1 aromatic carbocycles. The van der Waals surface area contributed by atoms with E-state index < -0.39 is 10.8 Å². The first kappa shape index (κ1) is 13.4. The van der Waals surface area contributed by atoms with E-state index in [1.807, 2.05) is 60.9 Å². The monoisotopic (exact) mass is 302 g/mol. The van der Waals surface area contributed by atoms with Crippen LogP contribution in [0, 0.1) is 0 Å². The van der Waals surface area contributed by atoms with Gasteiger partial charge in [0.15, 0.2) is 5.16 Å². The van der Waals surface area contributed by atoms with Gasteiger partial charge in [-0.25, -0.2) is 4.98 Å². The minimum absolute atomic E-state index is 0.635. The minimum atomic E-state index is -0.936. The lowest BCUT2D eigenvalue weighted by molar-refractivity contribution is 0.684. The van der Waals surface area contributed by atoms with E-state index in [0.29, 0.717) is 5.75 Å². The molecule has 0 spiro atoms. The Hall–Kier alpha value is -1.59. The number of hydrogen-bond acceptors (Lipinski definition) is 3. The lowest BCUT2D eigenvalue weighted by Crippen LogP contribution is -2.01. The van der Waals surface area contributed by atoms with E-state index in [1.54, 1.807) is 11.8 Å². The van der Waals surface area contributed by atoms with E-state index in [9.17, 15) is 4.21 Å². The lowest BCUT2D eigenvalue weighted by Gasteiger charge is -2.02. The summed E-state index contributed by atoms with van der Waals surface area (Å²) in [5.74, 6) is 1.42. The second-order valence-corrected chi connectivity index (χ2v) is 6.88. The van der Waals surface area contributed by atoms with Gasteiger partial charge in [-0.05, 0) is 24.3 Å². The molecule has 2 aromatic heterocycles. The lowest BCUT2D eigenvalue weighted by atomic mass is 10.4. The Morgan fingerprint density at radius 1 is 1.10 bits per heavy atom. The number of imidazole rings is 1. The molecule has 0 aliphatic heterocycles. The standard InChI is InChI=1S/C15H14N2OS2/c18-20(14-7-2-1-3-8-14)11-10-19-15-16-12-13-6-4-5-9-17(13)15/h1-9,12H,10-11H2/t20-/m0/s1. The molecule has 0 aliphatic carbocycles. The van der Waals surface area contributed by atoms with Crippen LogP contribution in [0.4, 0.5) is 0 Å². The van der Waals surface area contributed by atoms with E-state index in [2.05, 4.69) is 9.38 Å². The van der Waals surface area contributed by atoms with Gasteiger partial charge in [-0.2, -0.15) is 0 Å². The Labute approximate surface area is 124 Å². The first-order valence-corrected chi connectivity index (χ1v) is 8.63. The van der Waals surface area contributed by atoms with Gasteiger partial charge < -0.3 is 0 Å². The van der Waals surface area contributed by atoms with Crippen LogP contribution < -0.4 is 0 Å². The fourth-order valence-corrected chi connectivity index (χ4v) is 4.18. The summed E-state index contributed by atoms with van der Waals surface area (Å²) in [4.78, 5) is 5.28. The fourth-order valence-electron chi connectivity index (χ4n) is 1.92. The second-order valence-electron chi connectivity index (χ2n) is 4.25. The van der Waals surface area contributed by atoms with Crippen molar-refractivity contribution in [3.63, 3.8) is 0 Å². The molecule has 20 heavy (non-hydrogen) atoms. The van der Waals surface area contributed by atoms with E-state index in [-0.39, 0.29) is 0 Å². The number of thioether (sulfide) groups is 1. The largest absolute Gasteiger partial charge is 0.295 e. The fraction of sp³-hybridized carbons (Fsp3) is 0.133. The molecule has 3 nitrogen and oxygen atoms in total. The Morgan fingerprint density at radius 2 is 1.90 bits per heavy atom. The third-order valence-corrected chi connectivity index (χ3v) is 5.51. The van der Waals surface area contributed by atoms with Gasteiger partial charge in [-0.15, -0.1) is 0 Å². The second kappa shape index (κ2) is 6.24. The average Bonchev–Trinajstić information content (AvgIpc) is 2.92. The molecule has 3 rings (SSSR count). The Kier molecular flexibility index (Phi) is 4.18. The van der Waals surface area contributed by atoms with Crippen LogP contribution in [-0.4, -0.2) is 25.1 Å². The summed E-state index contributed by atoms with van der Waals surface area (Å²) >= 11 is 1.64. The quantitative estimate of drug-likeness (QED) is 0.679. The van der Waals surface area contributed by atoms with E-state index in [4.69, 9.17) is 0 Å². The molecule has 102 valence electrons. The average molecular weight is 302 g/mol. The van der Waals surface area contributed by atoms with Crippen molar-refractivity contribution in [1.29, 1.82) is 0 Å². The number of hydrogen-bond donors (Lipinski definition) is 0. The van der Waals surface area contributed by atoms with Crippen LogP contribution in [0.25, 0.3) is 5.52 Å². The van der Waals surface area contributed by atoms with Gasteiger partial charge >= 0.3 is 0 Å². The Morgan fingerprint density at radius 3 is 2.75 bits per heavy atom. The van der Waals surface area contributed by atoms with Crippen LogP contribution in [0.15, 0.2) is 71.0 Å². The third kappa shape index (κ3) is 2.94. The number of benzene rings is 1. The van der Waals surface area contributed by atoms with Crippen LogP contribution >= 0.6 is 11.8 Å². The summed E-state index contributed by atoms with van der Waals surface area (Å²) in [6, 6.07) is 15.6. The van der Waals surface area contributed by atoms with Crippen molar-refractivity contribution in [2.75, 3.05) is 11.5 Å². The zero-order valence-corrected chi connectivity index (χ0v) is 12.4. The smallest absolute Gasteiger partial charge is 0.172 e. The van der Waals surface area contributed by atoms with Crippen molar-refractivity contribution in [3.8, 4) is 0 Å². The molecule has 3 aromatic rings. The van der Waals surface area contributed by atoms with Gasteiger partial charge in [0, 0.05) is 22.6 Å². The summed E-state index contributed by atoms with van der Waals surface area (Å²) in [6.07, 6.45) is 3.86. The Balaban J connectivity index is 1.62. The normalized spacial score (nSPS) is 12.6. The van der Waals surface area contributed by atoms with Crippen LogP contribution in [0.1, 0.15) is 0 Å². The van der Waals surface area contributed by atoms with Crippen molar-refractivity contribution in [1.82, 2.24) is 9.38 Å². The Bertz CT molecular complexity index is 725. The topological polar surface area (TPSA) is 34.4 Å². The summed E-state index contributed by atoms with van der Waals surface area (Å²) in [6.45, 7) is 0.